The van der Waals surface area contributed by atoms with Gasteiger partial charge in [0.25, 0.3) is 0 Å². The molecule has 0 unspecified atom stereocenters. The van der Waals surface area contributed by atoms with Crippen LogP contribution >= 0.6 is 0 Å². The van der Waals surface area contributed by atoms with Gasteiger partial charge in [0.05, 0.1) is 23.5 Å². The van der Waals surface area contributed by atoms with Crippen LogP contribution in [0.25, 0.3) is 11.0 Å². The molecule has 1 fully saturated rings. The molecule has 0 bridgehead atoms. The van der Waals surface area contributed by atoms with Gasteiger partial charge in [-0.15, -0.1) is 0 Å². The van der Waals surface area contributed by atoms with Crippen LogP contribution in [0.3, 0.4) is 0 Å². The number of hydrogen-bond acceptors (Lipinski definition) is 2. The minimum absolute atomic E-state index is 0.466. The fourth-order valence-corrected chi connectivity index (χ4v) is 1.83. The highest BCUT2D eigenvalue weighted by molar-refractivity contribution is 5.76. The van der Waals surface area contributed by atoms with Gasteiger partial charge in [-0.2, -0.15) is 5.26 Å². The molecular weight excluding hydrogens is 186 g/mol. The van der Waals surface area contributed by atoms with Crippen LogP contribution in [0.4, 0.5) is 0 Å². The van der Waals surface area contributed by atoms with E-state index in [0.29, 0.717) is 12.3 Å². The predicted molar refractivity (Wildman–Crippen MR) is 57.4 cm³/mol. The van der Waals surface area contributed by atoms with E-state index in [4.69, 9.17) is 5.26 Å². The van der Waals surface area contributed by atoms with Crippen LogP contribution in [0.5, 0.6) is 0 Å². The second-order valence-corrected chi connectivity index (χ2v) is 4.08. The van der Waals surface area contributed by atoms with Crippen LogP contribution in [0, 0.1) is 11.3 Å². The summed E-state index contributed by atoms with van der Waals surface area (Å²) in [6.07, 6.45) is 2.98. The lowest BCUT2D eigenvalue weighted by atomic mass is 10.1. The number of H-pyrrole nitrogens is 1. The first-order valence-corrected chi connectivity index (χ1v) is 5.22. The molecule has 3 nitrogen and oxygen atoms in total. The topological polar surface area (TPSA) is 52.5 Å². The summed E-state index contributed by atoms with van der Waals surface area (Å²) < 4.78 is 0. The summed E-state index contributed by atoms with van der Waals surface area (Å²) in [5.41, 5.74) is 3.12. The van der Waals surface area contributed by atoms with E-state index in [1.807, 2.05) is 18.2 Å². The Kier molecular flexibility index (Phi) is 1.75. The van der Waals surface area contributed by atoms with E-state index in [-0.39, 0.29) is 0 Å². The minimum atomic E-state index is 0.466. The first-order chi connectivity index (χ1) is 7.36. The van der Waals surface area contributed by atoms with Gasteiger partial charge in [-0.1, -0.05) is 6.07 Å². The molecule has 3 heteroatoms. The third-order valence-corrected chi connectivity index (χ3v) is 2.81. The van der Waals surface area contributed by atoms with Crippen molar-refractivity contribution in [2.24, 2.45) is 0 Å². The Labute approximate surface area is 87.8 Å². The molecule has 15 heavy (non-hydrogen) atoms. The first kappa shape index (κ1) is 8.49. The van der Waals surface area contributed by atoms with Gasteiger partial charge in [-0.25, -0.2) is 4.98 Å². The summed E-state index contributed by atoms with van der Waals surface area (Å²) in [6, 6.07) is 8.15. The zero-order valence-corrected chi connectivity index (χ0v) is 8.33. The zero-order chi connectivity index (χ0) is 10.3. The lowest BCUT2D eigenvalue weighted by molar-refractivity contribution is 0.986. The molecule has 0 radical (unpaired) electrons. The maximum absolute atomic E-state index is 8.62. The number of hydrogen-bond donors (Lipinski definition) is 1. The molecule has 1 saturated carbocycles. The molecule has 0 atom stereocenters. The number of fused-ring (bicyclic) bond motifs is 1. The average molecular weight is 197 g/mol. The van der Waals surface area contributed by atoms with Gasteiger partial charge in [0.2, 0.25) is 0 Å². The number of benzene rings is 1. The van der Waals surface area contributed by atoms with Crippen LogP contribution in [-0.4, -0.2) is 9.97 Å². The van der Waals surface area contributed by atoms with Crippen molar-refractivity contribution in [3.05, 3.63) is 29.6 Å². The quantitative estimate of drug-likeness (QED) is 0.804. The zero-order valence-electron chi connectivity index (χ0n) is 8.33. The molecule has 2 aromatic rings. The normalized spacial score (nSPS) is 15.4. The lowest BCUT2D eigenvalue weighted by Gasteiger charge is -1.92. The van der Waals surface area contributed by atoms with Crippen LogP contribution in [0.2, 0.25) is 0 Å². The second-order valence-electron chi connectivity index (χ2n) is 4.08. The molecular formula is C12H11N3. The molecule has 0 saturated heterocycles. The Morgan fingerprint density at radius 1 is 1.47 bits per heavy atom. The highest BCUT2D eigenvalue weighted by Gasteiger charge is 2.26. The van der Waals surface area contributed by atoms with Gasteiger partial charge in [-0.3, -0.25) is 0 Å². The van der Waals surface area contributed by atoms with Gasteiger partial charge in [0, 0.05) is 5.92 Å². The fraction of sp³-hybridized carbons (Fsp3) is 0.333. The number of aromatic amines is 1. The maximum atomic E-state index is 8.62. The highest BCUT2D eigenvalue weighted by atomic mass is 14.9. The number of aromatic nitrogens is 2. The molecule has 1 aromatic heterocycles. The monoisotopic (exact) mass is 197 g/mol. The van der Waals surface area contributed by atoms with Crippen LogP contribution in [0.15, 0.2) is 18.2 Å². The van der Waals surface area contributed by atoms with Crippen molar-refractivity contribution in [1.29, 1.82) is 5.26 Å². The van der Waals surface area contributed by atoms with Gasteiger partial charge in [0.15, 0.2) is 0 Å². The van der Waals surface area contributed by atoms with E-state index >= 15 is 0 Å². The van der Waals surface area contributed by atoms with E-state index in [1.54, 1.807) is 0 Å². The van der Waals surface area contributed by atoms with Crippen LogP contribution < -0.4 is 0 Å². The van der Waals surface area contributed by atoms with E-state index < -0.39 is 0 Å². The Hall–Kier alpha value is -1.82. The average Bonchev–Trinajstić information content (AvgIpc) is 2.99. The highest BCUT2D eigenvalue weighted by Crippen LogP contribution is 2.38. The van der Waals surface area contributed by atoms with E-state index in [2.05, 4.69) is 16.0 Å². The van der Waals surface area contributed by atoms with Crippen molar-refractivity contribution in [2.45, 2.75) is 25.2 Å². The molecule has 1 N–H and O–H groups in total. The number of nitrogens with one attached hydrogen (secondary N) is 1. The van der Waals surface area contributed by atoms with Gasteiger partial charge < -0.3 is 4.98 Å². The summed E-state index contributed by atoms with van der Waals surface area (Å²) in [5.74, 6) is 1.76. The van der Waals surface area contributed by atoms with E-state index in [1.165, 1.54) is 12.8 Å². The molecule has 1 aliphatic carbocycles. The van der Waals surface area contributed by atoms with E-state index in [9.17, 15) is 0 Å². The number of nitriles is 1. The predicted octanol–water partition coefficient (Wildman–Crippen LogP) is 2.51. The third-order valence-electron chi connectivity index (χ3n) is 2.81. The minimum Gasteiger partial charge on any atom is -0.342 e. The Morgan fingerprint density at radius 2 is 2.33 bits per heavy atom. The summed E-state index contributed by atoms with van der Waals surface area (Å²) in [7, 11) is 0. The SMILES string of the molecule is N#CCc1ccc2nc(C3CC3)[nH]c2c1. The van der Waals surface area contributed by atoms with Gasteiger partial charge in [-0.05, 0) is 30.5 Å². The molecule has 1 heterocycles. The number of nitrogens with zero attached hydrogens (tertiary/aromatic N) is 2. The molecule has 1 aromatic carbocycles. The van der Waals surface area contributed by atoms with Gasteiger partial charge >= 0.3 is 0 Å². The van der Waals surface area contributed by atoms with Crippen molar-refractivity contribution in [3.63, 3.8) is 0 Å². The summed E-state index contributed by atoms with van der Waals surface area (Å²) in [4.78, 5) is 7.87. The van der Waals surface area contributed by atoms with Crippen molar-refractivity contribution < 1.29 is 0 Å². The molecule has 1 aliphatic rings. The molecule has 0 amide bonds. The Morgan fingerprint density at radius 3 is 3.07 bits per heavy atom. The number of rotatable bonds is 2. The Balaban J connectivity index is 2.06. The summed E-state index contributed by atoms with van der Waals surface area (Å²) in [6.45, 7) is 0. The molecule has 3 rings (SSSR count). The first-order valence-electron chi connectivity index (χ1n) is 5.22. The van der Waals surface area contributed by atoms with Crippen molar-refractivity contribution in [3.8, 4) is 6.07 Å². The largest absolute Gasteiger partial charge is 0.342 e. The third kappa shape index (κ3) is 1.48. The smallest absolute Gasteiger partial charge is 0.110 e. The van der Waals surface area contributed by atoms with Crippen molar-refractivity contribution in [1.82, 2.24) is 9.97 Å². The van der Waals surface area contributed by atoms with E-state index in [0.717, 1.165) is 22.4 Å². The van der Waals surface area contributed by atoms with Crippen LogP contribution in [0.1, 0.15) is 30.1 Å². The second kappa shape index (κ2) is 3.09. The van der Waals surface area contributed by atoms with Crippen LogP contribution in [-0.2, 0) is 6.42 Å². The fourth-order valence-electron chi connectivity index (χ4n) is 1.83. The van der Waals surface area contributed by atoms with Gasteiger partial charge in [0.1, 0.15) is 5.82 Å². The molecule has 0 aliphatic heterocycles. The van der Waals surface area contributed by atoms with Crippen molar-refractivity contribution in [2.75, 3.05) is 0 Å². The molecule has 0 spiro atoms. The summed E-state index contributed by atoms with van der Waals surface area (Å²) >= 11 is 0. The standard InChI is InChI=1S/C12H11N3/c13-6-5-8-1-4-10-11(7-8)15-12(14-10)9-2-3-9/h1,4,7,9H,2-3,5H2,(H,14,15). The van der Waals surface area contributed by atoms with Crippen molar-refractivity contribution >= 4 is 11.0 Å². The lowest BCUT2D eigenvalue weighted by Crippen LogP contribution is -1.80. The molecule has 74 valence electrons. The summed E-state index contributed by atoms with van der Waals surface area (Å²) in [5, 5.41) is 8.62. The number of imidazole rings is 1. The Bertz CT molecular complexity index is 543. The maximum Gasteiger partial charge on any atom is 0.110 e.